The average molecular weight is 461 g/mol. The molecule has 156 valence electrons. The first kappa shape index (κ1) is 22.9. The zero-order valence-corrected chi connectivity index (χ0v) is 19.0. The third-order valence-electron chi connectivity index (χ3n) is 4.92. The van der Waals surface area contributed by atoms with Crippen LogP contribution in [0, 0.1) is 0 Å². The molecule has 0 unspecified atom stereocenters. The van der Waals surface area contributed by atoms with Gasteiger partial charge in [0, 0.05) is 17.1 Å². The van der Waals surface area contributed by atoms with Gasteiger partial charge in [-0.25, -0.2) is 0 Å². The number of halogens is 1. The van der Waals surface area contributed by atoms with Gasteiger partial charge in [0.25, 0.3) is 0 Å². The zero-order valence-electron chi connectivity index (χ0n) is 17.4. The van der Waals surface area contributed by atoms with Crippen LogP contribution in [-0.2, 0) is 22.6 Å². The van der Waals surface area contributed by atoms with Crippen molar-refractivity contribution in [1.82, 2.24) is 10.2 Å². The monoisotopic (exact) mass is 460 g/mol. The molecule has 0 bridgehead atoms. The smallest absolute Gasteiger partial charge is 0.242 e. The molecule has 0 spiro atoms. The van der Waals surface area contributed by atoms with Crippen molar-refractivity contribution in [2.24, 2.45) is 0 Å². The summed E-state index contributed by atoms with van der Waals surface area (Å²) in [6, 6.07) is 14.7. The number of rotatable bonds is 9. The normalized spacial score (nSPS) is 12.7. The molecule has 0 aliphatic carbocycles. The van der Waals surface area contributed by atoms with E-state index in [9.17, 15) is 9.59 Å². The second-order valence-electron chi connectivity index (χ2n) is 7.17. The topological polar surface area (TPSA) is 58.6 Å². The Kier molecular flexibility index (Phi) is 8.70. The summed E-state index contributed by atoms with van der Waals surface area (Å²) in [5.74, 6) is 0.507. The zero-order chi connectivity index (χ0) is 21.4. The summed E-state index contributed by atoms with van der Waals surface area (Å²) in [7, 11) is 1.61. The average Bonchev–Trinajstić information content (AvgIpc) is 2.71. The Morgan fingerprint density at radius 3 is 2.38 bits per heavy atom. The molecule has 0 aliphatic heterocycles. The van der Waals surface area contributed by atoms with Crippen LogP contribution in [0.3, 0.4) is 0 Å². The minimum Gasteiger partial charge on any atom is -0.497 e. The Hall–Kier alpha value is -2.34. The number of hydrogen-bond donors (Lipinski definition) is 1. The number of nitrogens with zero attached hydrogens (tertiary/aromatic N) is 1. The summed E-state index contributed by atoms with van der Waals surface area (Å²) in [6.07, 6.45) is 1.06. The molecule has 29 heavy (non-hydrogen) atoms. The van der Waals surface area contributed by atoms with E-state index in [4.69, 9.17) is 4.74 Å². The Balaban J connectivity index is 2.21. The van der Waals surface area contributed by atoms with Crippen LogP contribution in [0.1, 0.15) is 38.3 Å². The number of methoxy groups -OCH3 is 1. The van der Waals surface area contributed by atoms with Crippen molar-refractivity contribution in [2.75, 3.05) is 7.11 Å². The maximum absolute atomic E-state index is 13.2. The number of amides is 2. The third kappa shape index (κ3) is 6.89. The van der Waals surface area contributed by atoms with Crippen molar-refractivity contribution in [3.8, 4) is 5.75 Å². The predicted octanol–water partition coefficient (Wildman–Crippen LogP) is 4.33. The molecular weight excluding hydrogens is 432 g/mol. The molecule has 0 saturated carbocycles. The minimum atomic E-state index is -0.575. The lowest BCUT2D eigenvalue weighted by molar-refractivity contribution is -0.140. The molecule has 5 nitrogen and oxygen atoms in total. The Labute approximate surface area is 181 Å². The van der Waals surface area contributed by atoms with Crippen LogP contribution in [0.2, 0.25) is 0 Å². The molecule has 0 aromatic heterocycles. The second-order valence-corrected chi connectivity index (χ2v) is 8.09. The maximum Gasteiger partial charge on any atom is 0.242 e. The van der Waals surface area contributed by atoms with Crippen molar-refractivity contribution in [2.45, 2.75) is 52.2 Å². The van der Waals surface area contributed by atoms with Crippen LogP contribution in [0.25, 0.3) is 0 Å². The summed E-state index contributed by atoms with van der Waals surface area (Å²) in [5, 5.41) is 2.98. The van der Waals surface area contributed by atoms with Gasteiger partial charge in [-0.15, -0.1) is 0 Å². The molecule has 2 atom stereocenters. The number of carbonyl (C=O) groups is 2. The van der Waals surface area contributed by atoms with Crippen LogP contribution in [0.5, 0.6) is 5.75 Å². The molecule has 0 heterocycles. The van der Waals surface area contributed by atoms with E-state index in [1.165, 1.54) is 0 Å². The number of ether oxygens (including phenoxy) is 1. The van der Waals surface area contributed by atoms with Gasteiger partial charge in [-0.1, -0.05) is 47.1 Å². The molecule has 0 saturated heterocycles. The number of carbonyl (C=O) groups excluding carboxylic acids is 2. The van der Waals surface area contributed by atoms with E-state index in [1.807, 2.05) is 62.4 Å². The summed E-state index contributed by atoms with van der Waals surface area (Å²) in [4.78, 5) is 27.5. The van der Waals surface area contributed by atoms with Crippen molar-refractivity contribution in [3.05, 3.63) is 64.1 Å². The van der Waals surface area contributed by atoms with Crippen molar-refractivity contribution < 1.29 is 14.3 Å². The van der Waals surface area contributed by atoms with Gasteiger partial charge in [0.15, 0.2) is 0 Å². The van der Waals surface area contributed by atoms with E-state index in [0.717, 1.165) is 27.8 Å². The highest BCUT2D eigenvalue weighted by atomic mass is 79.9. The van der Waals surface area contributed by atoms with Gasteiger partial charge in [-0.05, 0) is 55.7 Å². The standard InChI is InChI=1S/C23H29BrN2O3/c1-5-16(2)25-23(28)17(3)26(15-19-7-6-8-20(24)13-19)22(27)14-18-9-11-21(29-4)12-10-18/h6-13,16-17H,5,14-15H2,1-4H3,(H,25,28)/t16-,17-/m1/s1. The van der Waals surface area contributed by atoms with Gasteiger partial charge in [0.05, 0.1) is 13.5 Å². The highest BCUT2D eigenvalue weighted by Crippen LogP contribution is 2.18. The lowest BCUT2D eigenvalue weighted by Gasteiger charge is -2.30. The lowest BCUT2D eigenvalue weighted by Crippen LogP contribution is -2.49. The minimum absolute atomic E-state index is 0.0642. The molecule has 0 radical (unpaired) electrons. The van der Waals surface area contributed by atoms with Crippen LogP contribution >= 0.6 is 15.9 Å². The van der Waals surface area contributed by atoms with E-state index in [0.29, 0.717) is 6.54 Å². The fourth-order valence-corrected chi connectivity index (χ4v) is 3.35. The second kappa shape index (κ2) is 11.0. The first-order valence-corrected chi connectivity index (χ1v) is 10.6. The third-order valence-corrected chi connectivity index (χ3v) is 5.42. The molecule has 2 amide bonds. The Morgan fingerprint density at radius 1 is 1.10 bits per heavy atom. The quantitative estimate of drug-likeness (QED) is 0.605. The van der Waals surface area contributed by atoms with Gasteiger partial charge in [-0.2, -0.15) is 0 Å². The first-order valence-electron chi connectivity index (χ1n) is 9.81. The largest absolute Gasteiger partial charge is 0.497 e. The van der Waals surface area contributed by atoms with Gasteiger partial charge < -0.3 is 15.0 Å². The van der Waals surface area contributed by atoms with Crippen LogP contribution in [-0.4, -0.2) is 35.9 Å². The Bertz CT molecular complexity index is 823. The number of benzene rings is 2. The molecule has 0 fully saturated rings. The van der Waals surface area contributed by atoms with Crippen LogP contribution < -0.4 is 10.1 Å². The number of nitrogens with one attached hydrogen (secondary N) is 1. The molecule has 2 aromatic carbocycles. The molecule has 2 aromatic rings. The Morgan fingerprint density at radius 2 is 1.79 bits per heavy atom. The predicted molar refractivity (Wildman–Crippen MR) is 119 cm³/mol. The number of hydrogen-bond acceptors (Lipinski definition) is 3. The molecule has 6 heteroatoms. The summed E-state index contributed by atoms with van der Waals surface area (Å²) in [5.41, 5.74) is 1.84. The first-order chi connectivity index (χ1) is 13.8. The maximum atomic E-state index is 13.2. The van der Waals surface area contributed by atoms with E-state index in [-0.39, 0.29) is 24.3 Å². The van der Waals surface area contributed by atoms with E-state index in [2.05, 4.69) is 21.2 Å². The summed E-state index contributed by atoms with van der Waals surface area (Å²) in [6.45, 7) is 6.12. The van der Waals surface area contributed by atoms with Gasteiger partial charge in [0.2, 0.25) is 11.8 Å². The molecule has 2 rings (SSSR count). The van der Waals surface area contributed by atoms with Crippen LogP contribution in [0.4, 0.5) is 0 Å². The van der Waals surface area contributed by atoms with E-state index < -0.39 is 6.04 Å². The van der Waals surface area contributed by atoms with Gasteiger partial charge in [0.1, 0.15) is 11.8 Å². The fourth-order valence-electron chi connectivity index (χ4n) is 2.90. The van der Waals surface area contributed by atoms with E-state index >= 15 is 0 Å². The van der Waals surface area contributed by atoms with Crippen molar-refractivity contribution >= 4 is 27.7 Å². The molecular formula is C23H29BrN2O3. The highest BCUT2D eigenvalue weighted by Gasteiger charge is 2.26. The highest BCUT2D eigenvalue weighted by molar-refractivity contribution is 9.10. The van der Waals surface area contributed by atoms with Crippen molar-refractivity contribution in [1.29, 1.82) is 0 Å². The fraction of sp³-hybridized carbons (Fsp3) is 0.391. The summed E-state index contributed by atoms with van der Waals surface area (Å²) < 4.78 is 6.12. The lowest BCUT2D eigenvalue weighted by atomic mass is 10.1. The summed E-state index contributed by atoms with van der Waals surface area (Å²) >= 11 is 3.47. The molecule has 1 N–H and O–H groups in total. The van der Waals surface area contributed by atoms with Crippen molar-refractivity contribution in [3.63, 3.8) is 0 Å². The van der Waals surface area contributed by atoms with Crippen LogP contribution in [0.15, 0.2) is 53.0 Å². The van der Waals surface area contributed by atoms with Gasteiger partial charge in [-0.3, -0.25) is 9.59 Å². The molecule has 0 aliphatic rings. The SMILES string of the molecule is CC[C@@H](C)NC(=O)[C@@H](C)N(Cc1cccc(Br)c1)C(=O)Cc1ccc(OC)cc1. The van der Waals surface area contributed by atoms with Gasteiger partial charge >= 0.3 is 0 Å². The van der Waals surface area contributed by atoms with E-state index in [1.54, 1.807) is 18.9 Å².